The van der Waals surface area contributed by atoms with Crippen LogP contribution in [0.3, 0.4) is 0 Å². The molecule has 2 aromatic rings. The average Bonchev–Trinajstić information content (AvgIpc) is 2.24. The highest BCUT2D eigenvalue weighted by atomic mass is 79.9. The van der Waals surface area contributed by atoms with E-state index in [2.05, 4.69) is 26.1 Å². The topological polar surface area (TPSA) is 45.8 Å². The van der Waals surface area contributed by atoms with E-state index in [9.17, 15) is 13.6 Å². The summed E-state index contributed by atoms with van der Waals surface area (Å²) in [7, 11) is 0. The first kappa shape index (κ1) is 10.9. The van der Waals surface area contributed by atoms with Gasteiger partial charge >= 0.3 is 0 Å². The molecule has 1 aromatic heterocycles. The molecule has 0 unspecified atom stereocenters. The molecule has 1 N–H and O–H groups in total. The molecule has 0 saturated heterocycles. The van der Waals surface area contributed by atoms with E-state index in [1.807, 2.05) is 0 Å². The van der Waals surface area contributed by atoms with Crippen LogP contribution in [0, 0.1) is 11.6 Å². The van der Waals surface area contributed by atoms with Gasteiger partial charge < -0.3 is 0 Å². The fourth-order valence-corrected chi connectivity index (χ4v) is 1.64. The van der Waals surface area contributed by atoms with Gasteiger partial charge in [-0.3, -0.25) is 4.79 Å². The molecule has 2 rings (SSSR count). The van der Waals surface area contributed by atoms with Crippen molar-refractivity contribution in [3.05, 3.63) is 50.9 Å². The summed E-state index contributed by atoms with van der Waals surface area (Å²) in [4.78, 5) is 11.0. The maximum atomic E-state index is 13.7. The van der Waals surface area contributed by atoms with Gasteiger partial charge in [0.05, 0.1) is 16.2 Å². The molecule has 0 aliphatic heterocycles. The summed E-state index contributed by atoms with van der Waals surface area (Å²) in [6, 6.07) is 3.46. The lowest BCUT2D eigenvalue weighted by Crippen LogP contribution is -2.06. The minimum Gasteiger partial charge on any atom is -0.268 e. The smallest absolute Gasteiger partial charge is 0.264 e. The van der Waals surface area contributed by atoms with Crippen molar-refractivity contribution < 1.29 is 8.78 Å². The van der Waals surface area contributed by atoms with Gasteiger partial charge in [0.25, 0.3) is 5.56 Å². The zero-order valence-electron chi connectivity index (χ0n) is 7.80. The van der Waals surface area contributed by atoms with Crippen LogP contribution < -0.4 is 5.56 Å². The fourth-order valence-electron chi connectivity index (χ4n) is 1.30. The number of rotatable bonds is 1. The molecule has 0 aliphatic rings. The molecular formula is C10H5BrF2N2O. The van der Waals surface area contributed by atoms with Crippen molar-refractivity contribution in [2.75, 3.05) is 0 Å². The Morgan fingerprint density at radius 2 is 2.06 bits per heavy atom. The third-order valence-electron chi connectivity index (χ3n) is 2.00. The van der Waals surface area contributed by atoms with Crippen LogP contribution in [0.4, 0.5) is 8.78 Å². The van der Waals surface area contributed by atoms with Gasteiger partial charge in [-0.1, -0.05) is 0 Å². The molecule has 0 saturated carbocycles. The summed E-state index contributed by atoms with van der Waals surface area (Å²) in [5.74, 6) is -1.50. The summed E-state index contributed by atoms with van der Waals surface area (Å²) in [5.41, 5.74) is -0.690. The minimum absolute atomic E-state index is 0.0973. The summed E-state index contributed by atoms with van der Waals surface area (Å²) in [5, 5.41) is 5.62. The molecule has 0 spiro atoms. The molecule has 16 heavy (non-hydrogen) atoms. The molecule has 0 fully saturated rings. The number of nitrogens with zero attached hydrogens (tertiary/aromatic N) is 1. The highest BCUT2D eigenvalue weighted by molar-refractivity contribution is 9.10. The van der Waals surface area contributed by atoms with Crippen LogP contribution in [-0.2, 0) is 0 Å². The number of nitrogens with one attached hydrogen (secondary N) is 1. The lowest BCUT2D eigenvalue weighted by Gasteiger charge is -2.05. The van der Waals surface area contributed by atoms with Gasteiger partial charge in [-0.15, -0.1) is 0 Å². The molecule has 0 amide bonds. The van der Waals surface area contributed by atoms with E-state index < -0.39 is 17.2 Å². The summed E-state index contributed by atoms with van der Waals surface area (Å²) >= 11 is 2.95. The second-order valence-electron chi connectivity index (χ2n) is 3.05. The Morgan fingerprint density at radius 1 is 1.31 bits per heavy atom. The monoisotopic (exact) mass is 286 g/mol. The molecule has 82 valence electrons. The third kappa shape index (κ3) is 1.88. The van der Waals surface area contributed by atoms with Crippen LogP contribution in [-0.4, -0.2) is 10.2 Å². The third-order valence-corrected chi connectivity index (χ3v) is 2.61. The van der Waals surface area contributed by atoms with Crippen LogP contribution in [0.2, 0.25) is 0 Å². The van der Waals surface area contributed by atoms with Crippen molar-refractivity contribution in [1.82, 2.24) is 10.2 Å². The molecule has 1 aromatic carbocycles. The summed E-state index contributed by atoms with van der Waals surface area (Å²) in [6.45, 7) is 0. The predicted molar refractivity (Wildman–Crippen MR) is 57.9 cm³/mol. The van der Waals surface area contributed by atoms with E-state index in [0.29, 0.717) is 0 Å². The Hall–Kier alpha value is -1.56. The highest BCUT2D eigenvalue weighted by Gasteiger charge is 2.14. The predicted octanol–water partition coefficient (Wildman–Crippen LogP) is 2.48. The van der Waals surface area contributed by atoms with Crippen LogP contribution in [0.25, 0.3) is 11.1 Å². The first-order chi connectivity index (χ1) is 7.59. The van der Waals surface area contributed by atoms with Gasteiger partial charge in [0.15, 0.2) is 0 Å². The van der Waals surface area contributed by atoms with Crippen molar-refractivity contribution in [1.29, 1.82) is 0 Å². The Bertz CT molecular complexity index is 598. The molecule has 3 nitrogen and oxygen atoms in total. The highest BCUT2D eigenvalue weighted by Crippen LogP contribution is 2.29. The van der Waals surface area contributed by atoms with Crippen molar-refractivity contribution in [3.63, 3.8) is 0 Å². The zero-order chi connectivity index (χ0) is 11.7. The van der Waals surface area contributed by atoms with E-state index >= 15 is 0 Å². The molecule has 0 radical (unpaired) electrons. The second-order valence-corrected chi connectivity index (χ2v) is 3.91. The van der Waals surface area contributed by atoms with E-state index in [0.717, 1.165) is 12.1 Å². The average molecular weight is 287 g/mol. The van der Waals surface area contributed by atoms with Crippen LogP contribution in [0.5, 0.6) is 0 Å². The van der Waals surface area contributed by atoms with Gasteiger partial charge in [-0.05, 0) is 28.1 Å². The maximum absolute atomic E-state index is 13.7. The van der Waals surface area contributed by atoms with Crippen molar-refractivity contribution in [3.8, 4) is 11.1 Å². The number of hydrogen-bond donors (Lipinski definition) is 1. The number of H-pyrrole nitrogens is 1. The molecule has 0 aliphatic carbocycles. The zero-order valence-corrected chi connectivity index (χ0v) is 9.38. The van der Waals surface area contributed by atoms with E-state index in [1.165, 1.54) is 12.3 Å². The standard InChI is InChI=1S/C10H5BrF2N2O/c11-6-1-2-7(12)9(10(6)13)5-3-8(16)15-14-4-5/h1-4H,(H,15,16). The number of benzene rings is 1. The second kappa shape index (κ2) is 4.13. The van der Waals surface area contributed by atoms with Gasteiger partial charge in [-0.2, -0.15) is 5.10 Å². The van der Waals surface area contributed by atoms with Crippen LogP contribution in [0.1, 0.15) is 0 Å². The quantitative estimate of drug-likeness (QED) is 0.819. The lowest BCUT2D eigenvalue weighted by molar-refractivity contribution is 0.585. The fraction of sp³-hybridized carbons (Fsp3) is 0. The Labute approximate surface area is 97.3 Å². The normalized spacial score (nSPS) is 10.4. The molecule has 0 atom stereocenters. The lowest BCUT2D eigenvalue weighted by atomic mass is 10.1. The molecule has 6 heteroatoms. The summed E-state index contributed by atoms with van der Waals surface area (Å²) in [6.07, 6.45) is 1.19. The van der Waals surface area contributed by atoms with E-state index in [4.69, 9.17) is 0 Å². The Morgan fingerprint density at radius 3 is 2.75 bits per heavy atom. The van der Waals surface area contributed by atoms with Gasteiger partial charge in [-0.25, -0.2) is 13.9 Å². The number of aromatic amines is 1. The number of hydrogen-bond acceptors (Lipinski definition) is 2. The first-order valence-corrected chi connectivity index (χ1v) is 5.07. The van der Waals surface area contributed by atoms with E-state index in [-0.39, 0.29) is 15.6 Å². The number of aromatic nitrogens is 2. The maximum Gasteiger partial charge on any atom is 0.264 e. The Kier molecular flexibility index (Phi) is 2.82. The van der Waals surface area contributed by atoms with Gasteiger partial charge in [0.2, 0.25) is 0 Å². The van der Waals surface area contributed by atoms with Crippen molar-refractivity contribution in [2.45, 2.75) is 0 Å². The number of halogens is 3. The van der Waals surface area contributed by atoms with Crippen molar-refractivity contribution >= 4 is 15.9 Å². The summed E-state index contributed by atoms with van der Waals surface area (Å²) < 4.78 is 27.2. The van der Waals surface area contributed by atoms with E-state index in [1.54, 1.807) is 0 Å². The van der Waals surface area contributed by atoms with Crippen LogP contribution in [0.15, 0.2) is 33.7 Å². The molecule has 1 heterocycles. The molecular weight excluding hydrogens is 282 g/mol. The first-order valence-electron chi connectivity index (χ1n) is 4.28. The van der Waals surface area contributed by atoms with Crippen LogP contribution >= 0.6 is 15.9 Å². The Balaban J connectivity index is 2.73. The minimum atomic E-state index is -0.757. The van der Waals surface area contributed by atoms with Gasteiger partial charge in [0, 0.05) is 11.6 Å². The largest absolute Gasteiger partial charge is 0.268 e. The SMILES string of the molecule is O=c1cc(-c2c(F)ccc(Br)c2F)cn[nH]1. The molecule has 0 bridgehead atoms. The van der Waals surface area contributed by atoms with Gasteiger partial charge in [0.1, 0.15) is 11.6 Å². The van der Waals surface area contributed by atoms with Crippen molar-refractivity contribution in [2.24, 2.45) is 0 Å².